The summed E-state index contributed by atoms with van der Waals surface area (Å²) in [6.45, 7) is 4.42. The summed E-state index contributed by atoms with van der Waals surface area (Å²) in [5.41, 5.74) is 3.80. The largest absolute Gasteiger partial charge is 0.495 e. The van der Waals surface area contributed by atoms with Gasteiger partial charge in [-0.1, -0.05) is 41.4 Å². The predicted molar refractivity (Wildman–Crippen MR) is 160 cm³/mol. The summed E-state index contributed by atoms with van der Waals surface area (Å²) in [5, 5.41) is 4.18. The molecule has 0 saturated carbocycles. The summed E-state index contributed by atoms with van der Waals surface area (Å²) in [6.07, 6.45) is -3.27. The van der Waals surface area contributed by atoms with Crippen LogP contribution in [-0.2, 0) is 21.0 Å². The number of alkyl halides is 3. The normalized spacial score (nSPS) is 12.0. The Labute approximate surface area is 252 Å². The van der Waals surface area contributed by atoms with Gasteiger partial charge in [0.25, 0.3) is 15.9 Å². The summed E-state index contributed by atoms with van der Waals surface area (Å²) in [5.74, 6) is -0.617. The van der Waals surface area contributed by atoms with Gasteiger partial charge in [-0.05, 0) is 69.3 Å². The molecule has 1 N–H and O–H groups in total. The number of aromatic nitrogens is 1. The Morgan fingerprint density at radius 1 is 1.05 bits per heavy atom. The summed E-state index contributed by atoms with van der Waals surface area (Å²) in [7, 11) is -2.90. The van der Waals surface area contributed by atoms with Crippen molar-refractivity contribution in [2.75, 3.05) is 18.0 Å². The quantitative estimate of drug-likeness (QED) is 0.170. The second-order valence-electron chi connectivity index (χ2n) is 9.61. The maximum atomic E-state index is 13.7. The molecule has 0 aliphatic rings. The number of ether oxygens (including phenoxy) is 1. The Morgan fingerprint density at radius 3 is 2.37 bits per heavy atom. The van der Waals surface area contributed by atoms with Crippen LogP contribution in [0.4, 0.5) is 18.9 Å². The number of carbonyl (C=O) groups is 1. The van der Waals surface area contributed by atoms with Gasteiger partial charge in [0.05, 0.1) is 35.2 Å². The van der Waals surface area contributed by atoms with Crippen molar-refractivity contribution < 1.29 is 31.1 Å². The van der Waals surface area contributed by atoms with E-state index in [4.69, 9.17) is 16.3 Å². The van der Waals surface area contributed by atoms with Gasteiger partial charge in [0.2, 0.25) is 0 Å². The number of nitrogens with one attached hydrogen (secondary N) is 1. The fraction of sp³-hybridized carbons (Fsp3) is 0.200. The molecule has 4 aromatic rings. The molecule has 0 aliphatic heterocycles. The second-order valence-corrected chi connectivity index (χ2v) is 11.9. The van der Waals surface area contributed by atoms with Gasteiger partial charge in [-0.15, -0.1) is 0 Å². The molecule has 0 atom stereocenters. The number of amides is 1. The zero-order chi connectivity index (χ0) is 31.5. The van der Waals surface area contributed by atoms with E-state index in [1.165, 1.54) is 66.4 Å². The highest BCUT2D eigenvalue weighted by Gasteiger charge is 2.34. The zero-order valence-electron chi connectivity index (χ0n) is 23.6. The fourth-order valence-electron chi connectivity index (χ4n) is 4.53. The number of benzene rings is 3. The molecule has 0 saturated heterocycles. The third-order valence-corrected chi connectivity index (χ3v) is 8.63. The maximum Gasteiger partial charge on any atom is 0.418 e. The van der Waals surface area contributed by atoms with Gasteiger partial charge in [0.1, 0.15) is 12.3 Å². The lowest BCUT2D eigenvalue weighted by Gasteiger charge is -2.25. The molecule has 8 nitrogen and oxygen atoms in total. The molecule has 0 spiro atoms. The smallest absolute Gasteiger partial charge is 0.418 e. The van der Waals surface area contributed by atoms with Crippen LogP contribution in [0.5, 0.6) is 5.75 Å². The van der Waals surface area contributed by atoms with Crippen molar-refractivity contribution in [1.29, 1.82) is 0 Å². The lowest BCUT2D eigenvalue weighted by Crippen LogP contribution is -2.39. The lowest BCUT2D eigenvalue weighted by atomic mass is 10.1. The average Bonchev–Trinajstić information content (AvgIpc) is 3.23. The van der Waals surface area contributed by atoms with Crippen LogP contribution in [0.15, 0.2) is 82.8 Å². The highest BCUT2D eigenvalue weighted by atomic mass is 35.5. The first-order valence-electron chi connectivity index (χ1n) is 12.8. The molecule has 226 valence electrons. The molecule has 43 heavy (non-hydrogen) atoms. The van der Waals surface area contributed by atoms with Gasteiger partial charge in [-0.2, -0.15) is 18.3 Å². The minimum Gasteiger partial charge on any atom is -0.495 e. The Bertz CT molecular complexity index is 1790. The predicted octanol–water partition coefficient (Wildman–Crippen LogP) is 6.43. The van der Waals surface area contributed by atoms with Crippen molar-refractivity contribution in [3.05, 3.63) is 106 Å². The van der Waals surface area contributed by atoms with Crippen LogP contribution in [0.2, 0.25) is 5.02 Å². The molecular weight excluding hydrogens is 605 g/mol. The van der Waals surface area contributed by atoms with Crippen molar-refractivity contribution in [3.63, 3.8) is 0 Å². The fourth-order valence-corrected chi connectivity index (χ4v) is 6.12. The van der Waals surface area contributed by atoms with E-state index >= 15 is 0 Å². The van der Waals surface area contributed by atoms with Crippen LogP contribution in [0, 0.1) is 20.8 Å². The van der Waals surface area contributed by atoms with Crippen LogP contribution in [0.25, 0.3) is 5.69 Å². The monoisotopic (exact) mass is 632 g/mol. The van der Waals surface area contributed by atoms with E-state index in [-0.39, 0.29) is 27.0 Å². The third kappa shape index (κ3) is 6.86. The van der Waals surface area contributed by atoms with Crippen LogP contribution < -0.4 is 14.5 Å². The maximum absolute atomic E-state index is 13.7. The number of rotatable bonds is 9. The third-order valence-electron chi connectivity index (χ3n) is 6.62. The molecule has 13 heteroatoms. The Hall–Kier alpha value is -4.29. The first-order valence-corrected chi connectivity index (χ1v) is 14.7. The molecule has 0 unspecified atom stereocenters. The molecule has 1 amide bonds. The molecule has 1 aromatic heterocycles. The van der Waals surface area contributed by atoms with Crippen molar-refractivity contribution in [3.8, 4) is 11.4 Å². The van der Waals surface area contributed by atoms with Gasteiger partial charge in [0, 0.05) is 22.0 Å². The molecule has 0 bridgehead atoms. The number of aryl methyl sites for hydroxylation is 2. The number of methoxy groups -OCH3 is 1. The van der Waals surface area contributed by atoms with Gasteiger partial charge < -0.3 is 9.30 Å². The van der Waals surface area contributed by atoms with E-state index in [1.807, 2.05) is 6.92 Å². The van der Waals surface area contributed by atoms with Crippen molar-refractivity contribution in [1.82, 2.24) is 9.99 Å². The number of para-hydroxylation sites is 1. The Balaban J connectivity index is 1.62. The topological polar surface area (TPSA) is 93.0 Å². The summed E-state index contributed by atoms with van der Waals surface area (Å²) in [6, 6.07) is 17.3. The molecule has 0 aliphatic carbocycles. The SMILES string of the molecule is COc1ccc(Cl)cc1N(CC(=O)N/N=C\c1cc(C)n(-c2ccccc2C(F)(F)F)c1C)S(=O)(=O)c1ccc(C)cc1. The number of halogens is 4. The van der Waals surface area contributed by atoms with Crippen LogP contribution in [0.1, 0.15) is 28.1 Å². The first-order chi connectivity index (χ1) is 20.2. The minimum atomic E-state index is -4.56. The number of carbonyl (C=O) groups excluding carboxylic acids is 1. The highest BCUT2D eigenvalue weighted by Crippen LogP contribution is 2.36. The zero-order valence-corrected chi connectivity index (χ0v) is 25.2. The number of anilines is 1. The number of hydrazone groups is 1. The molecule has 3 aromatic carbocycles. The summed E-state index contributed by atoms with van der Waals surface area (Å²) in [4.78, 5) is 13.0. The highest BCUT2D eigenvalue weighted by molar-refractivity contribution is 7.92. The van der Waals surface area contributed by atoms with Gasteiger partial charge >= 0.3 is 6.18 Å². The Kier molecular flexibility index (Phi) is 9.21. The summed E-state index contributed by atoms with van der Waals surface area (Å²) >= 11 is 6.17. The molecule has 0 fully saturated rings. The van der Waals surface area contributed by atoms with Crippen LogP contribution in [0.3, 0.4) is 0 Å². The standard InChI is InChI=1S/C30H28ClF3N4O4S/c1-19-9-12-24(13-10-19)43(40,41)37(27-16-23(31)11-14-28(27)42-4)18-29(39)36-35-17-22-15-20(2)38(21(22)3)26-8-6-5-7-25(26)30(32,33)34/h5-17H,18H2,1-4H3,(H,36,39)/b35-17-. The van der Waals surface area contributed by atoms with E-state index in [1.54, 1.807) is 32.0 Å². The Morgan fingerprint density at radius 2 is 1.72 bits per heavy atom. The van der Waals surface area contributed by atoms with E-state index in [2.05, 4.69) is 10.5 Å². The number of sulfonamides is 1. The van der Waals surface area contributed by atoms with E-state index in [0.29, 0.717) is 17.0 Å². The number of nitrogens with zero attached hydrogens (tertiary/aromatic N) is 3. The molecule has 4 rings (SSSR count). The first kappa shape index (κ1) is 31.6. The van der Waals surface area contributed by atoms with Crippen LogP contribution in [-0.4, -0.2) is 38.8 Å². The van der Waals surface area contributed by atoms with Crippen molar-refractivity contribution in [2.45, 2.75) is 31.8 Å². The number of hydrogen-bond donors (Lipinski definition) is 1. The minimum absolute atomic E-state index is 0.0406. The second kappa shape index (κ2) is 12.5. The summed E-state index contributed by atoms with van der Waals surface area (Å²) < 4.78 is 76.0. The van der Waals surface area contributed by atoms with Crippen LogP contribution >= 0.6 is 11.6 Å². The van der Waals surface area contributed by atoms with Gasteiger partial charge in [-0.3, -0.25) is 9.10 Å². The van der Waals surface area contributed by atoms with Gasteiger partial charge in [-0.25, -0.2) is 13.8 Å². The molecule has 1 heterocycles. The molecular formula is C30H28ClF3N4O4S. The van der Waals surface area contributed by atoms with E-state index < -0.39 is 34.2 Å². The van der Waals surface area contributed by atoms with Gasteiger partial charge in [0.15, 0.2) is 0 Å². The van der Waals surface area contributed by atoms with Crippen molar-refractivity contribution in [2.24, 2.45) is 5.10 Å². The average molecular weight is 633 g/mol. The number of hydrogen-bond acceptors (Lipinski definition) is 5. The van der Waals surface area contributed by atoms with E-state index in [9.17, 15) is 26.4 Å². The molecule has 0 radical (unpaired) electrons. The lowest BCUT2D eigenvalue weighted by molar-refractivity contribution is -0.137. The van der Waals surface area contributed by atoms with E-state index in [0.717, 1.165) is 15.9 Å². The van der Waals surface area contributed by atoms with Crippen molar-refractivity contribution >= 4 is 39.4 Å².